The van der Waals surface area contributed by atoms with E-state index in [2.05, 4.69) is 12.1 Å². The fourth-order valence-electron chi connectivity index (χ4n) is 2.44. The summed E-state index contributed by atoms with van der Waals surface area (Å²) in [6.45, 7) is 2.05. The van der Waals surface area contributed by atoms with Crippen LogP contribution in [0, 0.1) is 6.92 Å². The predicted octanol–water partition coefficient (Wildman–Crippen LogP) is 1.59. The van der Waals surface area contributed by atoms with E-state index >= 15 is 0 Å². The first-order chi connectivity index (χ1) is 7.69. The van der Waals surface area contributed by atoms with Gasteiger partial charge in [0, 0.05) is 0 Å². The molecule has 4 nitrogen and oxygen atoms in total. The Hall–Kier alpha value is -1.71. The SMILES string of the molecule is COc1c(C(N)=NO)cc(C)c2c1CCC2. The van der Waals surface area contributed by atoms with Gasteiger partial charge in [-0.05, 0) is 48.9 Å². The lowest BCUT2D eigenvalue weighted by Gasteiger charge is -2.14. The van der Waals surface area contributed by atoms with E-state index in [-0.39, 0.29) is 5.84 Å². The molecule has 4 heteroatoms. The molecule has 2 rings (SSSR count). The summed E-state index contributed by atoms with van der Waals surface area (Å²) in [6.07, 6.45) is 3.24. The zero-order chi connectivity index (χ0) is 11.7. The molecule has 1 aromatic carbocycles. The monoisotopic (exact) mass is 220 g/mol. The van der Waals surface area contributed by atoms with Crippen LogP contribution in [0.1, 0.15) is 28.7 Å². The zero-order valence-corrected chi connectivity index (χ0v) is 9.58. The molecule has 0 amide bonds. The quantitative estimate of drug-likeness (QED) is 0.344. The van der Waals surface area contributed by atoms with Crippen molar-refractivity contribution in [2.24, 2.45) is 10.9 Å². The van der Waals surface area contributed by atoms with E-state index in [9.17, 15) is 0 Å². The van der Waals surface area contributed by atoms with Crippen molar-refractivity contribution < 1.29 is 9.94 Å². The van der Waals surface area contributed by atoms with Crippen molar-refractivity contribution in [1.29, 1.82) is 0 Å². The van der Waals surface area contributed by atoms with Gasteiger partial charge in [0.2, 0.25) is 0 Å². The first-order valence-electron chi connectivity index (χ1n) is 5.36. The number of rotatable bonds is 2. The van der Waals surface area contributed by atoms with Gasteiger partial charge >= 0.3 is 0 Å². The van der Waals surface area contributed by atoms with E-state index in [4.69, 9.17) is 15.7 Å². The molecular formula is C12H16N2O2. The largest absolute Gasteiger partial charge is 0.496 e. The highest BCUT2D eigenvalue weighted by Crippen LogP contribution is 2.35. The molecule has 0 unspecified atom stereocenters. The van der Waals surface area contributed by atoms with Crippen LogP contribution in [-0.2, 0) is 12.8 Å². The van der Waals surface area contributed by atoms with E-state index < -0.39 is 0 Å². The Morgan fingerprint density at radius 2 is 2.12 bits per heavy atom. The lowest BCUT2D eigenvalue weighted by Crippen LogP contribution is -2.16. The Morgan fingerprint density at radius 1 is 1.44 bits per heavy atom. The molecule has 0 heterocycles. The standard InChI is InChI=1S/C12H16N2O2/c1-7-6-10(12(13)14-15)11(16-2)9-5-3-4-8(7)9/h6,15H,3-5H2,1-2H3,(H2,13,14). The molecule has 3 N–H and O–H groups in total. The third-order valence-electron chi connectivity index (χ3n) is 3.16. The normalized spacial score (nSPS) is 15.0. The second kappa shape index (κ2) is 4.04. The summed E-state index contributed by atoms with van der Waals surface area (Å²) in [5, 5.41) is 11.8. The molecule has 0 spiro atoms. The second-order valence-corrected chi connectivity index (χ2v) is 4.07. The Balaban J connectivity index is 2.67. The number of amidine groups is 1. The van der Waals surface area contributed by atoms with Gasteiger partial charge in [-0.2, -0.15) is 0 Å². The number of hydrogen-bond donors (Lipinski definition) is 2. The Kier molecular flexibility index (Phi) is 2.73. The number of benzene rings is 1. The van der Waals surface area contributed by atoms with Crippen LogP contribution < -0.4 is 10.5 Å². The van der Waals surface area contributed by atoms with Crippen molar-refractivity contribution in [1.82, 2.24) is 0 Å². The number of ether oxygens (including phenoxy) is 1. The maximum absolute atomic E-state index is 8.75. The average Bonchev–Trinajstić information content (AvgIpc) is 2.77. The fourth-order valence-corrected chi connectivity index (χ4v) is 2.44. The van der Waals surface area contributed by atoms with Gasteiger partial charge in [-0.3, -0.25) is 0 Å². The van der Waals surface area contributed by atoms with Crippen LogP contribution in [0.3, 0.4) is 0 Å². The third-order valence-corrected chi connectivity index (χ3v) is 3.16. The van der Waals surface area contributed by atoms with Crippen molar-refractivity contribution in [2.45, 2.75) is 26.2 Å². The zero-order valence-electron chi connectivity index (χ0n) is 9.58. The third kappa shape index (κ3) is 1.50. The van der Waals surface area contributed by atoms with Crippen molar-refractivity contribution in [2.75, 3.05) is 7.11 Å². The molecule has 0 radical (unpaired) electrons. The number of oxime groups is 1. The van der Waals surface area contributed by atoms with Crippen molar-refractivity contribution in [3.63, 3.8) is 0 Å². The first kappa shape index (κ1) is 10.8. The molecule has 0 bridgehead atoms. The van der Waals surface area contributed by atoms with Crippen molar-refractivity contribution in [3.05, 3.63) is 28.3 Å². The fraction of sp³-hybridized carbons (Fsp3) is 0.417. The Morgan fingerprint density at radius 3 is 2.75 bits per heavy atom. The highest BCUT2D eigenvalue weighted by Gasteiger charge is 2.22. The maximum Gasteiger partial charge on any atom is 0.173 e. The van der Waals surface area contributed by atoms with Crippen LogP contribution in [0.25, 0.3) is 0 Å². The van der Waals surface area contributed by atoms with Crippen LogP contribution in [0.2, 0.25) is 0 Å². The van der Waals surface area contributed by atoms with Crippen LogP contribution in [-0.4, -0.2) is 18.2 Å². The van der Waals surface area contributed by atoms with E-state index in [0.29, 0.717) is 5.56 Å². The van der Waals surface area contributed by atoms with Gasteiger partial charge in [0.05, 0.1) is 12.7 Å². The molecule has 0 saturated carbocycles. The van der Waals surface area contributed by atoms with Gasteiger partial charge in [0.25, 0.3) is 0 Å². The Bertz CT molecular complexity index is 453. The molecule has 16 heavy (non-hydrogen) atoms. The molecule has 1 aromatic rings. The summed E-state index contributed by atoms with van der Waals surface area (Å²) in [4.78, 5) is 0. The molecule has 86 valence electrons. The second-order valence-electron chi connectivity index (χ2n) is 4.07. The minimum absolute atomic E-state index is 0.106. The molecule has 0 aliphatic heterocycles. The number of fused-ring (bicyclic) bond motifs is 1. The van der Waals surface area contributed by atoms with E-state index in [1.54, 1.807) is 7.11 Å². The summed E-state index contributed by atoms with van der Waals surface area (Å²) < 4.78 is 5.39. The van der Waals surface area contributed by atoms with Crippen LogP contribution in [0.15, 0.2) is 11.2 Å². The average molecular weight is 220 g/mol. The van der Waals surface area contributed by atoms with Crippen molar-refractivity contribution in [3.8, 4) is 5.75 Å². The van der Waals surface area contributed by atoms with Crippen LogP contribution in [0.4, 0.5) is 0 Å². The highest BCUT2D eigenvalue weighted by atomic mass is 16.5. The number of hydrogen-bond acceptors (Lipinski definition) is 3. The van der Waals surface area contributed by atoms with Gasteiger partial charge in [-0.1, -0.05) is 5.16 Å². The van der Waals surface area contributed by atoms with Gasteiger partial charge < -0.3 is 15.7 Å². The summed E-state index contributed by atoms with van der Waals surface area (Å²) in [6, 6.07) is 1.93. The molecule has 0 fully saturated rings. The molecule has 1 aliphatic rings. The van der Waals surface area contributed by atoms with Gasteiger partial charge in [-0.25, -0.2) is 0 Å². The van der Waals surface area contributed by atoms with Crippen molar-refractivity contribution >= 4 is 5.84 Å². The minimum atomic E-state index is 0.106. The maximum atomic E-state index is 8.75. The van der Waals surface area contributed by atoms with E-state index in [1.165, 1.54) is 16.7 Å². The number of aryl methyl sites for hydroxylation is 1. The number of methoxy groups -OCH3 is 1. The lowest BCUT2D eigenvalue weighted by molar-refractivity contribution is 0.318. The molecule has 0 aromatic heterocycles. The summed E-state index contributed by atoms with van der Waals surface area (Å²) in [5.74, 6) is 0.864. The number of nitrogens with two attached hydrogens (primary N) is 1. The van der Waals surface area contributed by atoms with Gasteiger partial charge in [-0.15, -0.1) is 0 Å². The number of nitrogens with zero attached hydrogens (tertiary/aromatic N) is 1. The Labute approximate surface area is 94.7 Å². The van der Waals surface area contributed by atoms with Gasteiger partial charge in [0.1, 0.15) is 5.75 Å². The summed E-state index contributed by atoms with van der Waals surface area (Å²) in [5.41, 5.74) is 10.1. The molecule has 0 atom stereocenters. The topological polar surface area (TPSA) is 67.8 Å². The first-order valence-corrected chi connectivity index (χ1v) is 5.36. The predicted molar refractivity (Wildman–Crippen MR) is 62.3 cm³/mol. The highest BCUT2D eigenvalue weighted by molar-refractivity contribution is 6.00. The summed E-state index contributed by atoms with van der Waals surface area (Å²) in [7, 11) is 1.62. The smallest absolute Gasteiger partial charge is 0.173 e. The molecular weight excluding hydrogens is 204 g/mol. The summed E-state index contributed by atoms with van der Waals surface area (Å²) >= 11 is 0. The van der Waals surface area contributed by atoms with Crippen LogP contribution in [0.5, 0.6) is 5.75 Å². The minimum Gasteiger partial charge on any atom is -0.496 e. The van der Waals surface area contributed by atoms with Crippen LogP contribution >= 0.6 is 0 Å². The van der Waals surface area contributed by atoms with Gasteiger partial charge in [0.15, 0.2) is 5.84 Å². The van der Waals surface area contributed by atoms with E-state index in [1.807, 2.05) is 6.07 Å². The molecule has 1 aliphatic carbocycles. The van der Waals surface area contributed by atoms with E-state index in [0.717, 1.165) is 25.0 Å². The lowest BCUT2D eigenvalue weighted by atomic mass is 9.98. The molecule has 0 saturated heterocycles.